The topological polar surface area (TPSA) is 32.3 Å². The lowest BCUT2D eigenvalue weighted by Crippen LogP contribution is -2.21. The van der Waals surface area contributed by atoms with Crippen LogP contribution < -0.4 is 5.32 Å². The van der Waals surface area contributed by atoms with E-state index < -0.39 is 0 Å². The molecule has 0 bridgehead atoms. The number of aliphatic hydroxyl groups excluding tert-OH is 1. The first-order valence-corrected chi connectivity index (χ1v) is 5.55. The number of aliphatic hydroxyl groups is 1. The lowest BCUT2D eigenvalue weighted by molar-refractivity contribution is 0.175. The Morgan fingerprint density at radius 1 is 1.62 bits per heavy atom. The fourth-order valence-electron chi connectivity index (χ4n) is 1.17. The van der Waals surface area contributed by atoms with Crippen molar-refractivity contribution in [3.8, 4) is 0 Å². The van der Waals surface area contributed by atoms with Gasteiger partial charge in [0.1, 0.15) is 0 Å². The van der Waals surface area contributed by atoms with Gasteiger partial charge in [0.15, 0.2) is 0 Å². The maximum absolute atomic E-state index is 9.70. The summed E-state index contributed by atoms with van der Waals surface area (Å²) in [6, 6.07) is 2.04. The van der Waals surface area contributed by atoms with Crippen molar-refractivity contribution in [3.05, 3.63) is 21.9 Å². The van der Waals surface area contributed by atoms with Crippen LogP contribution in [0.3, 0.4) is 0 Å². The Kier molecular flexibility index (Phi) is 4.42. The van der Waals surface area contributed by atoms with E-state index in [-0.39, 0.29) is 6.10 Å². The molecule has 2 N–H and O–H groups in total. The molecule has 0 aromatic carbocycles. The van der Waals surface area contributed by atoms with Gasteiger partial charge in [-0.25, -0.2) is 0 Å². The summed E-state index contributed by atoms with van der Waals surface area (Å²) in [5, 5.41) is 14.9. The Bertz CT molecular complexity index is 247. The number of hydrogen-bond donors (Lipinski definition) is 2. The molecule has 0 aliphatic rings. The SMILES string of the molecule is CCCNCC(O)c1csc(C)c1. The molecule has 1 rings (SSSR count). The highest BCUT2D eigenvalue weighted by molar-refractivity contribution is 7.10. The van der Waals surface area contributed by atoms with Gasteiger partial charge in [0.05, 0.1) is 6.10 Å². The fraction of sp³-hybridized carbons (Fsp3) is 0.600. The van der Waals surface area contributed by atoms with Crippen LogP contribution in [0.2, 0.25) is 0 Å². The second-order valence-electron chi connectivity index (χ2n) is 3.21. The van der Waals surface area contributed by atoms with Crippen molar-refractivity contribution >= 4 is 11.3 Å². The minimum Gasteiger partial charge on any atom is -0.387 e. The highest BCUT2D eigenvalue weighted by atomic mass is 32.1. The molecular formula is C10H17NOS. The highest BCUT2D eigenvalue weighted by Crippen LogP contribution is 2.19. The molecule has 1 atom stereocenters. The van der Waals surface area contributed by atoms with Gasteiger partial charge in [-0.05, 0) is 36.9 Å². The number of hydrogen-bond acceptors (Lipinski definition) is 3. The number of nitrogens with one attached hydrogen (secondary N) is 1. The molecule has 1 aromatic heterocycles. The maximum Gasteiger partial charge on any atom is 0.0922 e. The van der Waals surface area contributed by atoms with E-state index in [1.54, 1.807) is 11.3 Å². The summed E-state index contributed by atoms with van der Waals surface area (Å²) in [6.45, 7) is 5.80. The minimum atomic E-state index is -0.350. The third-order valence-corrected chi connectivity index (χ3v) is 2.78. The zero-order chi connectivity index (χ0) is 9.68. The molecule has 74 valence electrons. The second-order valence-corrected chi connectivity index (χ2v) is 4.33. The van der Waals surface area contributed by atoms with Gasteiger partial charge >= 0.3 is 0 Å². The molecular weight excluding hydrogens is 182 g/mol. The summed E-state index contributed by atoms with van der Waals surface area (Å²) in [5.74, 6) is 0. The van der Waals surface area contributed by atoms with E-state index in [0.29, 0.717) is 6.54 Å². The van der Waals surface area contributed by atoms with E-state index in [4.69, 9.17) is 0 Å². The van der Waals surface area contributed by atoms with Gasteiger partial charge < -0.3 is 10.4 Å². The van der Waals surface area contributed by atoms with Crippen LogP contribution in [0.25, 0.3) is 0 Å². The number of aryl methyl sites for hydroxylation is 1. The van der Waals surface area contributed by atoms with Crippen LogP contribution in [0.1, 0.15) is 29.9 Å². The van der Waals surface area contributed by atoms with Gasteiger partial charge in [-0.3, -0.25) is 0 Å². The second kappa shape index (κ2) is 5.37. The average Bonchev–Trinajstić information content (AvgIpc) is 2.52. The molecule has 0 radical (unpaired) electrons. The van der Waals surface area contributed by atoms with Gasteiger partial charge in [-0.15, -0.1) is 11.3 Å². The molecule has 0 saturated heterocycles. The first-order chi connectivity index (χ1) is 6.24. The molecule has 0 spiro atoms. The first kappa shape index (κ1) is 10.7. The van der Waals surface area contributed by atoms with Gasteiger partial charge in [-0.2, -0.15) is 0 Å². The van der Waals surface area contributed by atoms with Gasteiger partial charge in [0, 0.05) is 11.4 Å². The van der Waals surface area contributed by atoms with Crippen LogP contribution >= 0.6 is 11.3 Å². The van der Waals surface area contributed by atoms with E-state index in [1.165, 1.54) is 4.88 Å². The Labute approximate surface area is 83.6 Å². The molecule has 1 heterocycles. The van der Waals surface area contributed by atoms with E-state index in [0.717, 1.165) is 18.5 Å². The summed E-state index contributed by atoms with van der Waals surface area (Å²) in [7, 11) is 0. The quantitative estimate of drug-likeness (QED) is 0.712. The van der Waals surface area contributed by atoms with Crippen LogP contribution in [0.5, 0.6) is 0 Å². The monoisotopic (exact) mass is 199 g/mol. The maximum atomic E-state index is 9.70. The average molecular weight is 199 g/mol. The van der Waals surface area contributed by atoms with Crippen LogP contribution in [0.4, 0.5) is 0 Å². The first-order valence-electron chi connectivity index (χ1n) is 4.68. The standard InChI is InChI=1S/C10H17NOS/c1-3-4-11-6-10(12)9-5-8(2)13-7-9/h5,7,10-12H,3-4,6H2,1-2H3. The Morgan fingerprint density at radius 3 is 2.92 bits per heavy atom. The third kappa shape index (κ3) is 3.46. The van der Waals surface area contributed by atoms with Crippen molar-refractivity contribution in [2.75, 3.05) is 13.1 Å². The van der Waals surface area contributed by atoms with Gasteiger partial charge in [0.2, 0.25) is 0 Å². The minimum absolute atomic E-state index is 0.350. The zero-order valence-corrected chi connectivity index (χ0v) is 9.03. The van der Waals surface area contributed by atoms with Crippen molar-refractivity contribution in [1.29, 1.82) is 0 Å². The zero-order valence-electron chi connectivity index (χ0n) is 8.21. The molecule has 1 unspecified atom stereocenters. The van der Waals surface area contributed by atoms with Crippen LogP contribution in [0, 0.1) is 6.92 Å². The molecule has 1 aromatic rings. The normalized spacial score (nSPS) is 13.2. The molecule has 0 fully saturated rings. The van der Waals surface area contributed by atoms with Crippen molar-refractivity contribution in [1.82, 2.24) is 5.32 Å². The smallest absolute Gasteiger partial charge is 0.0922 e. The van der Waals surface area contributed by atoms with E-state index in [2.05, 4.69) is 19.2 Å². The lowest BCUT2D eigenvalue weighted by atomic mass is 10.2. The molecule has 0 aliphatic carbocycles. The van der Waals surface area contributed by atoms with Crippen LogP contribution in [0.15, 0.2) is 11.4 Å². The van der Waals surface area contributed by atoms with Crippen molar-refractivity contribution in [2.45, 2.75) is 26.4 Å². The largest absolute Gasteiger partial charge is 0.387 e. The van der Waals surface area contributed by atoms with Crippen molar-refractivity contribution < 1.29 is 5.11 Å². The summed E-state index contributed by atoms with van der Waals surface area (Å²) in [6.07, 6.45) is 0.756. The number of thiophene rings is 1. The molecule has 0 aliphatic heterocycles. The Hall–Kier alpha value is -0.380. The molecule has 13 heavy (non-hydrogen) atoms. The van der Waals surface area contributed by atoms with E-state index >= 15 is 0 Å². The summed E-state index contributed by atoms with van der Waals surface area (Å²) < 4.78 is 0. The van der Waals surface area contributed by atoms with Gasteiger partial charge in [-0.1, -0.05) is 6.92 Å². The third-order valence-electron chi connectivity index (χ3n) is 1.90. The van der Waals surface area contributed by atoms with E-state index in [9.17, 15) is 5.11 Å². The molecule has 0 saturated carbocycles. The van der Waals surface area contributed by atoms with E-state index in [1.807, 2.05) is 11.4 Å². The van der Waals surface area contributed by atoms with Gasteiger partial charge in [0.25, 0.3) is 0 Å². The summed E-state index contributed by atoms with van der Waals surface area (Å²) in [5.41, 5.74) is 1.03. The molecule has 0 amide bonds. The van der Waals surface area contributed by atoms with Crippen LogP contribution in [-0.2, 0) is 0 Å². The van der Waals surface area contributed by atoms with Crippen molar-refractivity contribution in [3.63, 3.8) is 0 Å². The Balaban J connectivity index is 2.35. The van der Waals surface area contributed by atoms with Crippen LogP contribution in [-0.4, -0.2) is 18.2 Å². The molecule has 3 heteroatoms. The Morgan fingerprint density at radius 2 is 2.38 bits per heavy atom. The summed E-state index contributed by atoms with van der Waals surface area (Å²) >= 11 is 1.68. The fourth-order valence-corrected chi connectivity index (χ4v) is 1.92. The summed E-state index contributed by atoms with van der Waals surface area (Å²) in [4.78, 5) is 1.25. The number of rotatable bonds is 5. The highest BCUT2D eigenvalue weighted by Gasteiger charge is 2.07. The predicted octanol–water partition coefficient (Wildman–Crippen LogP) is 2.09. The van der Waals surface area contributed by atoms with Crippen molar-refractivity contribution in [2.24, 2.45) is 0 Å². The predicted molar refractivity (Wildman–Crippen MR) is 57.2 cm³/mol. The lowest BCUT2D eigenvalue weighted by Gasteiger charge is -2.09. The molecule has 2 nitrogen and oxygen atoms in total.